The van der Waals surface area contributed by atoms with Gasteiger partial charge >= 0.3 is 6.09 Å². The van der Waals surface area contributed by atoms with Crippen LogP contribution in [-0.4, -0.2) is 77.6 Å². The maximum atomic E-state index is 13.7. The number of nitrogens with zero attached hydrogens (tertiary/aromatic N) is 3. The molecule has 2 heterocycles. The Kier molecular flexibility index (Phi) is 8.82. The second kappa shape index (κ2) is 11.5. The van der Waals surface area contributed by atoms with E-state index in [1.807, 2.05) is 57.7 Å². The summed E-state index contributed by atoms with van der Waals surface area (Å²) in [5.41, 5.74) is 2.21. The number of rotatable bonds is 9. The fraction of sp³-hybridized carbons (Fsp3) is 0.607. The second-order valence-corrected chi connectivity index (χ2v) is 11.1. The van der Waals surface area contributed by atoms with E-state index in [-0.39, 0.29) is 23.8 Å². The monoisotopic (exact) mass is 499 g/mol. The maximum absolute atomic E-state index is 13.7. The van der Waals surface area contributed by atoms with Crippen LogP contribution in [0.3, 0.4) is 0 Å². The molecule has 36 heavy (non-hydrogen) atoms. The highest BCUT2D eigenvalue weighted by Crippen LogP contribution is 2.28. The van der Waals surface area contributed by atoms with Crippen LogP contribution in [0.1, 0.15) is 57.0 Å². The van der Waals surface area contributed by atoms with Gasteiger partial charge in [-0.15, -0.1) is 0 Å². The Bertz CT molecular complexity index is 1080. The Balaban J connectivity index is 1.80. The first-order chi connectivity index (χ1) is 16.9. The predicted molar refractivity (Wildman–Crippen MR) is 140 cm³/mol. The lowest BCUT2D eigenvalue weighted by atomic mass is 9.96. The minimum atomic E-state index is -0.607. The number of aryl methyl sites for hydroxylation is 2. The standard InChI is InChI=1S/C28H41N3O5/c1-19(2)31(17-22-15-30(16-23(22)18-32)27(34)36-28(4,5)6)26(33)21-9-10-24-20(3)14-29(25(24)13-21)11-8-12-35-7/h9-10,13-14,18-19,22-23H,8,11-12,15-17H2,1-7H3/t22-,23-/m0/s1. The predicted octanol–water partition coefficient (Wildman–Crippen LogP) is 4.52. The van der Waals surface area contributed by atoms with Crippen molar-refractivity contribution in [3.8, 4) is 0 Å². The Morgan fingerprint density at radius 1 is 1.22 bits per heavy atom. The number of hydrogen-bond acceptors (Lipinski definition) is 5. The lowest BCUT2D eigenvalue weighted by Crippen LogP contribution is -2.42. The highest BCUT2D eigenvalue weighted by molar-refractivity contribution is 5.99. The average Bonchev–Trinajstić information content (AvgIpc) is 3.36. The van der Waals surface area contributed by atoms with Gasteiger partial charge in [-0.2, -0.15) is 0 Å². The number of carbonyl (C=O) groups excluding carboxylic acids is 3. The molecular weight excluding hydrogens is 458 g/mol. The van der Waals surface area contributed by atoms with Crippen molar-refractivity contribution in [2.24, 2.45) is 11.8 Å². The van der Waals surface area contributed by atoms with Crippen LogP contribution in [0.25, 0.3) is 10.9 Å². The van der Waals surface area contributed by atoms with Crippen molar-refractivity contribution >= 4 is 29.2 Å². The van der Waals surface area contributed by atoms with Crippen molar-refractivity contribution in [3.05, 3.63) is 35.5 Å². The number of likely N-dealkylation sites (tertiary alicyclic amines) is 1. The van der Waals surface area contributed by atoms with Crippen LogP contribution in [-0.2, 0) is 20.8 Å². The van der Waals surface area contributed by atoms with Crippen molar-refractivity contribution in [2.75, 3.05) is 33.4 Å². The van der Waals surface area contributed by atoms with E-state index in [2.05, 4.69) is 17.7 Å². The summed E-state index contributed by atoms with van der Waals surface area (Å²) in [6.45, 7) is 14.1. The van der Waals surface area contributed by atoms with E-state index >= 15 is 0 Å². The Morgan fingerprint density at radius 2 is 1.94 bits per heavy atom. The largest absolute Gasteiger partial charge is 0.444 e. The maximum Gasteiger partial charge on any atom is 0.410 e. The molecule has 1 fully saturated rings. The topological polar surface area (TPSA) is 81.1 Å². The molecule has 0 saturated carbocycles. The fourth-order valence-electron chi connectivity index (χ4n) is 4.84. The zero-order valence-electron chi connectivity index (χ0n) is 22.7. The third-order valence-electron chi connectivity index (χ3n) is 6.71. The summed E-state index contributed by atoms with van der Waals surface area (Å²) in [6, 6.07) is 5.79. The number of benzene rings is 1. The summed E-state index contributed by atoms with van der Waals surface area (Å²) in [6.07, 6.45) is 3.49. The first-order valence-electron chi connectivity index (χ1n) is 12.8. The Morgan fingerprint density at radius 3 is 2.56 bits per heavy atom. The summed E-state index contributed by atoms with van der Waals surface area (Å²) >= 11 is 0. The summed E-state index contributed by atoms with van der Waals surface area (Å²) < 4.78 is 12.9. The summed E-state index contributed by atoms with van der Waals surface area (Å²) in [5.74, 6) is -0.561. The number of carbonyl (C=O) groups is 3. The molecule has 2 atom stereocenters. The normalized spacial score (nSPS) is 18.2. The summed E-state index contributed by atoms with van der Waals surface area (Å²) in [5, 5.41) is 1.13. The van der Waals surface area contributed by atoms with Gasteiger partial charge in [-0.3, -0.25) is 4.79 Å². The van der Waals surface area contributed by atoms with Gasteiger partial charge in [-0.1, -0.05) is 6.07 Å². The molecule has 1 aliphatic rings. The van der Waals surface area contributed by atoms with E-state index in [4.69, 9.17) is 9.47 Å². The first-order valence-corrected chi connectivity index (χ1v) is 12.8. The van der Waals surface area contributed by atoms with Crippen molar-refractivity contribution in [3.63, 3.8) is 0 Å². The fourth-order valence-corrected chi connectivity index (χ4v) is 4.84. The molecule has 1 aliphatic heterocycles. The van der Waals surface area contributed by atoms with Gasteiger partial charge in [0.1, 0.15) is 11.9 Å². The molecule has 0 bridgehead atoms. The van der Waals surface area contributed by atoms with E-state index in [1.165, 1.54) is 5.56 Å². The van der Waals surface area contributed by atoms with E-state index in [0.29, 0.717) is 31.8 Å². The van der Waals surface area contributed by atoms with Gasteiger partial charge in [0, 0.05) is 80.4 Å². The van der Waals surface area contributed by atoms with Gasteiger partial charge in [0.25, 0.3) is 5.91 Å². The summed E-state index contributed by atoms with van der Waals surface area (Å²) in [4.78, 5) is 41.5. The van der Waals surface area contributed by atoms with Crippen molar-refractivity contribution in [1.82, 2.24) is 14.4 Å². The van der Waals surface area contributed by atoms with Crippen LogP contribution in [0.4, 0.5) is 4.79 Å². The Labute approximate surface area is 214 Å². The van der Waals surface area contributed by atoms with Gasteiger partial charge in [0.15, 0.2) is 0 Å². The van der Waals surface area contributed by atoms with Crippen molar-refractivity contribution in [2.45, 2.75) is 66.2 Å². The molecule has 1 aromatic heterocycles. The van der Waals surface area contributed by atoms with Crippen LogP contribution < -0.4 is 0 Å². The zero-order valence-corrected chi connectivity index (χ0v) is 22.7. The minimum Gasteiger partial charge on any atom is -0.444 e. The highest BCUT2D eigenvalue weighted by Gasteiger charge is 2.39. The van der Waals surface area contributed by atoms with Crippen molar-refractivity contribution < 1.29 is 23.9 Å². The molecule has 3 rings (SSSR count). The molecule has 0 unspecified atom stereocenters. The number of fused-ring (bicyclic) bond motifs is 1. The van der Waals surface area contributed by atoms with Crippen molar-refractivity contribution in [1.29, 1.82) is 0 Å². The van der Waals surface area contributed by atoms with E-state index in [9.17, 15) is 14.4 Å². The van der Waals surface area contributed by atoms with Gasteiger partial charge in [-0.25, -0.2) is 4.79 Å². The van der Waals surface area contributed by atoms with Crippen LogP contribution in [0.15, 0.2) is 24.4 Å². The smallest absolute Gasteiger partial charge is 0.410 e. The molecule has 1 saturated heterocycles. The quantitative estimate of drug-likeness (QED) is 0.374. The molecule has 8 heteroatoms. The summed E-state index contributed by atoms with van der Waals surface area (Å²) in [7, 11) is 1.70. The molecular formula is C28H41N3O5. The van der Waals surface area contributed by atoms with Gasteiger partial charge in [0.05, 0.1) is 0 Å². The molecule has 0 N–H and O–H groups in total. The van der Waals surface area contributed by atoms with Gasteiger partial charge in [0.2, 0.25) is 0 Å². The third kappa shape index (κ3) is 6.46. The number of aldehydes is 1. The first kappa shape index (κ1) is 27.7. The van der Waals surface area contributed by atoms with Crippen LogP contribution in [0.5, 0.6) is 0 Å². The number of ether oxygens (including phenoxy) is 2. The molecule has 2 aromatic rings. The molecule has 1 aromatic carbocycles. The molecule has 198 valence electrons. The molecule has 8 nitrogen and oxygen atoms in total. The molecule has 2 amide bonds. The van der Waals surface area contributed by atoms with E-state index in [1.54, 1.807) is 12.0 Å². The van der Waals surface area contributed by atoms with Crippen LogP contribution in [0.2, 0.25) is 0 Å². The average molecular weight is 500 g/mol. The number of amides is 2. The lowest BCUT2D eigenvalue weighted by molar-refractivity contribution is -0.111. The number of aromatic nitrogens is 1. The lowest BCUT2D eigenvalue weighted by Gasteiger charge is -2.30. The van der Waals surface area contributed by atoms with Crippen LogP contribution >= 0.6 is 0 Å². The van der Waals surface area contributed by atoms with Gasteiger partial charge < -0.3 is 28.6 Å². The van der Waals surface area contributed by atoms with Crippen LogP contribution in [0, 0.1) is 18.8 Å². The second-order valence-electron chi connectivity index (χ2n) is 11.1. The molecule has 0 aliphatic carbocycles. The highest BCUT2D eigenvalue weighted by atomic mass is 16.6. The number of methoxy groups -OCH3 is 1. The Hall–Kier alpha value is -2.87. The third-order valence-corrected chi connectivity index (χ3v) is 6.71. The van der Waals surface area contributed by atoms with E-state index < -0.39 is 11.7 Å². The number of hydrogen-bond donors (Lipinski definition) is 0. The SMILES string of the molecule is COCCCn1cc(C)c2ccc(C(=O)N(C[C@@H]3CN(C(=O)OC(C)(C)C)C[C@H]3C=O)C(C)C)cc21. The molecule has 0 radical (unpaired) electrons. The zero-order chi connectivity index (χ0) is 26.6. The minimum absolute atomic E-state index is 0.0636. The van der Waals surface area contributed by atoms with Gasteiger partial charge in [-0.05, 0) is 65.7 Å². The molecule has 0 spiro atoms. The van der Waals surface area contributed by atoms with E-state index in [0.717, 1.165) is 30.2 Å².